The van der Waals surface area contributed by atoms with Crippen molar-refractivity contribution in [2.45, 2.75) is 13.2 Å². The molecule has 0 bridgehead atoms. The molecular weight excluding hydrogens is 232 g/mol. The fourth-order valence-electron chi connectivity index (χ4n) is 1.38. The molecule has 1 N–H and O–H groups in total. The number of nitrogens with zero attached hydrogens (tertiary/aromatic N) is 1. The molecule has 2 aromatic rings. The van der Waals surface area contributed by atoms with E-state index in [4.69, 9.17) is 9.63 Å². The Labute approximate surface area is 95.4 Å². The topological polar surface area (TPSA) is 55.5 Å². The zero-order valence-corrected chi connectivity index (χ0v) is 8.64. The predicted molar refractivity (Wildman–Crippen MR) is 54.5 cm³/mol. The molecule has 2 rings (SSSR count). The van der Waals surface area contributed by atoms with E-state index in [0.29, 0.717) is 11.3 Å². The summed E-state index contributed by atoms with van der Waals surface area (Å²) in [4.78, 5) is 0. The quantitative estimate of drug-likeness (QED) is 0.893. The van der Waals surface area contributed by atoms with Gasteiger partial charge in [-0.3, -0.25) is 0 Å². The predicted octanol–water partition coefficient (Wildman–Crippen LogP) is 2.44. The van der Waals surface area contributed by atoms with Crippen LogP contribution in [0.15, 0.2) is 34.9 Å². The van der Waals surface area contributed by atoms with Crippen molar-refractivity contribution in [3.05, 3.63) is 36.0 Å². The summed E-state index contributed by atoms with van der Waals surface area (Å²) in [6, 6.07) is 7.68. The largest absolute Gasteiger partial charge is 0.434 e. The van der Waals surface area contributed by atoms with E-state index in [1.165, 1.54) is 12.1 Å². The molecule has 4 nitrogen and oxygen atoms in total. The third kappa shape index (κ3) is 2.59. The second kappa shape index (κ2) is 4.92. The summed E-state index contributed by atoms with van der Waals surface area (Å²) < 4.78 is 33.6. The first kappa shape index (κ1) is 11.5. The zero-order valence-electron chi connectivity index (χ0n) is 8.64. The van der Waals surface area contributed by atoms with E-state index in [9.17, 15) is 8.78 Å². The van der Waals surface area contributed by atoms with Gasteiger partial charge in [0.25, 0.3) is 0 Å². The van der Waals surface area contributed by atoms with E-state index in [2.05, 4.69) is 9.89 Å². The molecule has 0 saturated heterocycles. The molecule has 0 radical (unpaired) electrons. The summed E-state index contributed by atoms with van der Waals surface area (Å²) in [5.74, 6) is 0.272. The maximum atomic E-state index is 12.2. The van der Waals surface area contributed by atoms with Gasteiger partial charge in [-0.2, -0.15) is 8.78 Å². The first-order valence-corrected chi connectivity index (χ1v) is 4.81. The summed E-state index contributed by atoms with van der Waals surface area (Å²) in [5, 5.41) is 12.4. The fraction of sp³-hybridized carbons (Fsp3) is 0.182. The van der Waals surface area contributed by atoms with Gasteiger partial charge in [0.1, 0.15) is 11.4 Å². The summed E-state index contributed by atoms with van der Waals surface area (Å²) >= 11 is 0. The second-order valence-electron chi connectivity index (χ2n) is 3.22. The highest BCUT2D eigenvalue weighted by Crippen LogP contribution is 2.31. The van der Waals surface area contributed by atoms with Crippen molar-refractivity contribution in [1.29, 1.82) is 0 Å². The number of halogens is 2. The van der Waals surface area contributed by atoms with Crippen LogP contribution in [0.4, 0.5) is 8.78 Å². The molecule has 0 aliphatic carbocycles. The SMILES string of the molecule is OCc1cc(-c2ccccc2OC(F)F)on1. The van der Waals surface area contributed by atoms with E-state index in [-0.39, 0.29) is 18.1 Å². The van der Waals surface area contributed by atoms with Crippen LogP contribution in [0.25, 0.3) is 11.3 Å². The molecule has 6 heteroatoms. The average molecular weight is 241 g/mol. The molecule has 0 saturated carbocycles. The smallest absolute Gasteiger partial charge is 0.387 e. The Kier molecular flexibility index (Phi) is 3.34. The summed E-state index contributed by atoms with van der Waals surface area (Å²) in [6.07, 6.45) is 0. The van der Waals surface area contributed by atoms with Gasteiger partial charge in [0.15, 0.2) is 5.76 Å². The van der Waals surface area contributed by atoms with Gasteiger partial charge >= 0.3 is 6.61 Å². The van der Waals surface area contributed by atoms with Gasteiger partial charge in [0, 0.05) is 6.07 Å². The molecule has 0 unspecified atom stereocenters. The summed E-state index contributed by atoms with van der Waals surface area (Å²) in [6.45, 7) is -3.18. The van der Waals surface area contributed by atoms with E-state index in [1.54, 1.807) is 18.2 Å². The van der Waals surface area contributed by atoms with Gasteiger partial charge < -0.3 is 14.4 Å². The molecule has 0 aliphatic rings. The summed E-state index contributed by atoms with van der Waals surface area (Å²) in [7, 11) is 0. The van der Waals surface area contributed by atoms with Crippen molar-refractivity contribution in [3.8, 4) is 17.1 Å². The van der Waals surface area contributed by atoms with Gasteiger partial charge in [0.2, 0.25) is 0 Å². The van der Waals surface area contributed by atoms with Gasteiger partial charge in [-0.05, 0) is 12.1 Å². The second-order valence-corrected chi connectivity index (χ2v) is 3.22. The Morgan fingerprint density at radius 2 is 2.12 bits per heavy atom. The highest BCUT2D eigenvalue weighted by Gasteiger charge is 2.14. The van der Waals surface area contributed by atoms with Crippen LogP contribution in [0.5, 0.6) is 5.75 Å². The molecule has 0 amide bonds. The number of hydrogen-bond donors (Lipinski definition) is 1. The number of benzene rings is 1. The number of ether oxygens (including phenoxy) is 1. The number of alkyl halides is 2. The molecule has 90 valence electrons. The van der Waals surface area contributed by atoms with Crippen LogP contribution in [-0.4, -0.2) is 16.9 Å². The molecule has 0 spiro atoms. The molecule has 0 aliphatic heterocycles. The average Bonchev–Trinajstić information content (AvgIpc) is 2.77. The van der Waals surface area contributed by atoms with Crippen molar-refractivity contribution in [3.63, 3.8) is 0 Å². The van der Waals surface area contributed by atoms with Gasteiger partial charge in [0.05, 0.1) is 12.2 Å². The van der Waals surface area contributed by atoms with Crippen molar-refractivity contribution >= 4 is 0 Å². The number of aromatic nitrogens is 1. The number of aliphatic hydroxyl groups excluding tert-OH is 1. The first-order chi connectivity index (χ1) is 8.20. The highest BCUT2D eigenvalue weighted by atomic mass is 19.3. The van der Waals surface area contributed by atoms with E-state index < -0.39 is 6.61 Å². The number of para-hydroxylation sites is 1. The van der Waals surface area contributed by atoms with E-state index in [0.717, 1.165) is 0 Å². The van der Waals surface area contributed by atoms with Crippen LogP contribution >= 0.6 is 0 Å². The highest BCUT2D eigenvalue weighted by molar-refractivity contribution is 5.65. The zero-order chi connectivity index (χ0) is 12.3. The minimum absolute atomic E-state index is 0.00291. The molecule has 1 aromatic heterocycles. The Bertz CT molecular complexity index is 499. The standard InChI is InChI=1S/C11H9F2NO3/c12-11(13)16-9-4-2-1-3-8(9)10-5-7(6-15)14-17-10/h1-5,11,15H,6H2. The van der Waals surface area contributed by atoms with Crippen LogP contribution in [0, 0.1) is 0 Å². The van der Waals surface area contributed by atoms with Crippen molar-refractivity contribution in [2.75, 3.05) is 0 Å². The number of aliphatic hydroxyl groups is 1. The Balaban J connectivity index is 2.36. The molecule has 1 aromatic carbocycles. The molecule has 0 fully saturated rings. The maximum Gasteiger partial charge on any atom is 0.387 e. The van der Waals surface area contributed by atoms with Crippen LogP contribution < -0.4 is 4.74 Å². The lowest BCUT2D eigenvalue weighted by Crippen LogP contribution is -2.02. The van der Waals surface area contributed by atoms with Crippen LogP contribution in [-0.2, 0) is 6.61 Å². The van der Waals surface area contributed by atoms with E-state index in [1.807, 2.05) is 0 Å². The van der Waals surface area contributed by atoms with Crippen LogP contribution in [0.3, 0.4) is 0 Å². The third-order valence-corrected chi connectivity index (χ3v) is 2.09. The molecule has 1 heterocycles. The number of rotatable bonds is 4. The first-order valence-electron chi connectivity index (χ1n) is 4.81. The molecule has 0 atom stereocenters. The van der Waals surface area contributed by atoms with Crippen LogP contribution in [0.2, 0.25) is 0 Å². The summed E-state index contributed by atoms with van der Waals surface area (Å²) in [5.41, 5.74) is 0.687. The molecular formula is C11H9F2NO3. The van der Waals surface area contributed by atoms with Crippen LogP contribution in [0.1, 0.15) is 5.69 Å². The molecule has 17 heavy (non-hydrogen) atoms. The van der Waals surface area contributed by atoms with Gasteiger partial charge in [-0.15, -0.1) is 0 Å². The normalized spacial score (nSPS) is 10.8. The minimum Gasteiger partial charge on any atom is -0.434 e. The van der Waals surface area contributed by atoms with E-state index >= 15 is 0 Å². The van der Waals surface area contributed by atoms with Crippen molar-refractivity contribution in [1.82, 2.24) is 5.16 Å². The minimum atomic E-state index is -2.91. The Morgan fingerprint density at radius 1 is 1.35 bits per heavy atom. The lowest BCUT2D eigenvalue weighted by atomic mass is 10.1. The third-order valence-electron chi connectivity index (χ3n) is 2.09. The van der Waals surface area contributed by atoms with Gasteiger partial charge in [-0.25, -0.2) is 0 Å². The van der Waals surface area contributed by atoms with Crippen molar-refractivity contribution in [2.24, 2.45) is 0 Å². The Morgan fingerprint density at radius 3 is 2.76 bits per heavy atom. The number of hydrogen-bond acceptors (Lipinski definition) is 4. The van der Waals surface area contributed by atoms with Gasteiger partial charge in [-0.1, -0.05) is 17.3 Å². The maximum absolute atomic E-state index is 12.2. The lowest BCUT2D eigenvalue weighted by Gasteiger charge is -2.07. The Hall–Kier alpha value is -1.95. The lowest BCUT2D eigenvalue weighted by molar-refractivity contribution is -0.0495. The van der Waals surface area contributed by atoms with Crippen molar-refractivity contribution < 1.29 is 23.1 Å². The monoisotopic (exact) mass is 241 g/mol. The fourth-order valence-corrected chi connectivity index (χ4v) is 1.38.